The van der Waals surface area contributed by atoms with E-state index in [2.05, 4.69) is 5.32 Å². The van der Waals surface area contributed by atoms with Crippen molar-refractivity contribution >= 4 is 29.3 Å². The van der Waals surface area contributed by atoms with E-state index in [1.165, 1.54) is 0 Å². The molecule has 1 atom stereocenters. The van der Waals surface area contributed by atoms with Crippen LogP contribution in [-0.4, -0.2) is 48.2 Å². The van der Waals surface area contributed by atoms with Crippen molar-refractivity contribution in [2.24, 2.45) is 5.92 Å². The molecule has 1 N–H and O–H groups in total. The molecular formula is C22H21N3O4. The van der Waals surface area contributed by atoms with Crippen molar-refractivity contribution < 1.29 is 19.2 Å². The lowest BCUT2D eigenvalue weighted by atomic mass is 10.1. The molecule has 1 fully saturated rings. The predicted molar refractivity (Wildman–Crippen MR) is 106 cm³/mol. The van der Waals surface area contributed by atoms with E-state index in [9.17, 15) is 19.2 Å². The number of hydrogen-bond donors (Lipinski definition) is 1. The molecule has 0 aliphatic carbocycles. The van der Waals surface area contributed by atoms with E-state index in [1.54, 1.807) is 29.2 Å². The minimum Gasteiger partial charge on any atom is -0.354 e. The topological polar surface area (TPSA) is 86.8 Å². The molecule has 2 aliphatic heterocycles. The average Bonchev–Trinajstić information content (AvgIpc) is 3.20. The van der Waals surface area contributed by atoms with Crippen molar-refractivity contribution in [1.29, 1.82) is 0 Å². The molecule has 1 saturated heterocycles. The maximum atomic E-state index is 12.3. The van der Waals surface area contributed by atoms with Crippen LogP contribution in [0.3, 0.4) is 0 Å². The van der Waals surface area contributed by atoms with Gasteiger partial charge in [-0.25, -0.2) is 0 Å². The number of fused-ring (bicyclic) bond motifs is 1. The fourth-order valence-electron chi connectivity index (χ4n) is 3.73. The van der Waals surface area contributed by atoms with Crippen LogP contribution in [0.4, 0.5) is 5.69 Å². The number of carbonyl (C=O) groups excluding carboxylic acids is 4. The minimum atomic E-state index is -0.456. The van der Waals surface area contributed by atoms with Gasteiger partial charge >= 0.3 is 0 Å². The van der Waals surface area contributed by atoms with Gasteiger partial charge in [0.1, 0.15) is 6.54 Å². The van der Waals surface area contributed by atoms with Crippen molar-refractivity contribution in [2.75, 3.05) is 24.5 Å². The first kappa shape index (κ1) is 18.9. The number of imide groups is 1. The number of benzene rings is 2. The zero-order chi connectivity index (χ0) is 20.5. The van der Waals surface area contributed by atoms with Crippen molar-refractivity contribution in [3.63, 3.8) is 0 Å². The minimum absolute atomic E-state index is 0.0186. The molecule has 148 valence electrons. The second kappa shape index (κ2) is 7.50. The summed E-state index contributed by atoms with van der Waals surface area (Å²) in [5.41, 5.74) is 2.61. The molecule has 2 heterocycles. The summed E-state index contributed by atoms with van der Waals surface area (Å²) in [6.45, 7) is 2.50. The van der Waals surface area contributed by atoms with Crippen molar-refractivity contribution in [3.05, 3.63) is 65.2 Å². The lowest BCUT2D eigenvalue weighted by Crippen LogP contribution is -2.42. The van der Waals surface area contributed by atoms with Gasteiger partial charge in [-0.3, -0.25) is 24.1 Å². The Balaban J connectivity index is 1.32. The van der Waals surface area contributed by atoms with Crippen LogP contribution in [0, 0.1) is 12.8 Å². The highest BCUT2D eigenvalue weighted by Crippen LogP contribution is 2.25. The molecule has 0 saturated carbocycles. The average molecular weight is 391 g/mol. The Morgan fingerprint density at radius 1 is 1.00 bits per heavy atom. The van der Waals surface area contributed by atoms with Crippen LogP contribution in [0.5, 0.6) is 0 Å². The van der Waals surface area contributed by atoms with Gasteiger partial charge in [0.2, 0.25) is 11.8 Å². The zero-order valence-corrected chi connectivity index (χ0v) is 16.1. The van der Waals surface area contributed by atoms with Crippen LogP contribution in [-0.2, 0) is 9.59 Å². The van der Waals surface area contributed by atoms with Crippen LogP contribution in [0.15, 0.2) is 48.5 Å². The Hall–Kier alpha value is -3.48. The van der Waals surface area contributed by atoms with Crippen LogP contribution in [0.2, 0.25) is 0 Å². The van der Waals surface area contributed by atoms with Gasteiger partial charge in [-0.2, -0.15) is 0 Å². The van der Waals surface area contributed by atoms with E-state index in [4.69, 9.17) is 0 Å². The van der Waals surface area contributed by atoms with Gasteiger partial charge in [0, 0.05) is 31.1 Å². The number of aryl methyl sites for hydroxylation is 1. The molecule has 7 heteroatoms. The van der Waals surface area contributed by atoms with E-state index < -0.39 is 17.7 Å². The molecule has 0 radical (unpaired) electrons. The van der Waals surface area contributed by atoms with Gasteiger partial charge in [-0.15, -0.1) is 0 Å². The molecule has 2 aromatic rings. The number of nitrogens with zero attached hydrogens (tertiary/aromatic N) is 2. The highest BCUT2D eigenvalue weighted by Gasteiger charge is 2.36. The van der Waals surface area contributed by atoms with Crippen molar-refractivity contribution in [3.8, 4) is 0 Å². The summed E-state index contributed by atoms with van der Waals surface area (Å²) in [6.07, 6.45) is 0.348. The lowest BCUT2D eigenvalue weighted by Gasteiger charge is -2.18. The standard InChI is InChI=1S/C22H21N3O4/c1-14-6-8-16(9-7-14)24-12-15(10-20(24)27)11-23-19(26)13-25-21(28)17-4-2-3-5-18(17)22(25)29/h2-9,15H,10-13H2,1H3,(H,23,26). The molecule has 2 aromatic carbocycles. The van der Waals surface area contributed by atoms with Crippen LogP contribution < -0.4 is 10.2 Å². The summed E-state index contributed by atoms with van der Waals surface area (Å²) in [6, 6.07) is 14.3. The van der Waals surface area contributed by atoms with Crippen LogP contribution in [0.25, 0.3) is 0 Å². The predicted octanol–water partition coefficient (Wildman–Crippen LogP) is 1.76. The first-order valence-corrected chi connectivity index (χ1v) is 9.53. The van der Waals surface area contributed by atoms with Crippen molar-refractivity contribution in [2.45, 2.75) is 13.3 Å². The summed E-state index contributed by atoms with van der Waals surface area (Å²) in [5, 5.41) is 2.76. The molecule has 2 aliphatic rings. The van der Waals surface area contributed by atoms with Gasteiger partial charge < -0.3 is 10.2 Å². The number of rotatable bonds is 5. The third-order valence-electron chi connectivity index (χ3n) is 5.32. The Kier molecular flexibility index (Phi) is 4.88. The molecule has 4 amide bonds. The molecule has 0 aromatic heterocycles. The van der Waals surface area contributed by atoms with Gasteiger partial charge in [0.05, 0.1) is 11.1 Å². The molecule has 1 unspecified atom stereocenters. The second-order valence-electron chi connectivity index (χ2n) is 7.46. The zero-order valence-electron chi connectivity index (χ0n) is 16.1. The molecule has 0 spiro atoms. The number of amides is 4. The fraction of sp³-hybridized carbons (Fsp3) is 0.273. The first-order chi connectivity index (χ1) is 13.9. The first-order valence-electron chi connectivity index (χ1n) is 9.53. The number of carbonyl (C=O) groups is 4. The van der Waals surface area contributed by atoms with E-state index >= 15 is 0 Å². The molecular weight excluding hydrogens is 370 g/mol. The summed E-state index contributed by atoms with van der Waals surface area (Å²) < 4.78 is 0. The SMILES string of the molecule is Cc1ccc(N2CC(CNC(=O)CN3C(=O)c4ccccc4C3=O)CC2=O)cc1. The monoisotopic (exact) mass is 391 g/mol. The van der Waals surface area contributed by atoms with Crippen LogP contribution >= 0.6 is 0 Å². The van der Waals surface area contributed by atoms with E-state index in [-0.39, 0.29) is 18.4 Å². The third-order valence-corrected chi connectivity index (χ3v) is 5.32. The quantitative estimate of drug-likeness (QED) is 0.787. The highest BCUT2D eigenvalue weighted by molar-refractivity contribution is 6.22. The maximum absolute atomic E-state index is 12.3. The molecule has 4 rings (SSSR count). The third kappa shape index (κ3) is 3.63. The largest absolute Gasteiger partial charge is 0.354 e. The lowest BCUT2D eigenvalue weighted by molar-refractivity contribution is -0.122. The maximum Gasteiger partial charge on any atom is 0.262 e. The highest BCUT2D eigenvalue weighted by atomic mass is 16.2. The van der Waals surface area contributed by atoms with E-state index in [1.807, 2.05) is 31.2 Å². The van der Waals surface area contributed by atoms with Gasteiger partial charge in [0.15, 0.2) is 0 Å². The van der Waals surface area contributed by atoms with Gasteiger partial charge in [-0.1, -0.05) is 29.8 Å². The molecule has 0 bridgehead atoms. The Morgan fingerprint density at radius 2 is 1.62 bits per heavy atom. The van der Waals surface area contributed by atoms with Gasteiger partial charge in [-0.05, 0) is 31.2 Å². The Labute approximate surface area is 168 Å². The fourth-order valence-corrected chi connectivity index (χ4v) is 3.73. The van der Waals surface area contributed by atoms with E-state index in [0.717, 1.165) is 16.2 Å². The van der Waals surface area contributed by atoms with Crippen LogP contribution in [0.1, 0.15) is 32.7 Å². The number of anilines is 1. The Bertz CT molecular complexity index is 964. The smallest absolute Gasteiger partial charge is 0.262 e. The summed E-state index contributed by atoms with van der Waals surface area (Å²) in [4.78, 5) is 52.0. The number of hydrogen-bond acceptors (Lipinski definition) is 4. The number of nitrogens with one attached hydrogen (secondary N) is 1. The molecule has 29 heavy (non-hydrogen) atoms. The van der Waals surface area contributed by atoms with Crippen molar-refractivity contribution in [1.82, 2.24) is 10.2 Å². The summed E-state index contributed by atoms with van der Waals surface area (Å²) in [7, 11) is 0. The normalized spacial score (nSPS) is 18.4. The molecule has 7 nitrogen and oxygen atoms in total. The summed E-state index contributed by atoms with van der Waals surface area (Å²) in [5.74, 6) is -1.33. The summed E-state index contributed by atoms with van der Waals surface area (Å²) >= 11 is 0. The van der Waals surface area contributed by atoms with Gasteiger partial charge in [0.25, 0.3) is 11.8 Å². The van der Waals surface area contributed by atoms with E-state index in [0.29, 0.717) is 30.6 Å². The second-order valence-corrected chi connectivity index (χ2v) is 7.46. The Morgan fingerprint density at radius 3 is 2.24 bits per heavy atom.